The van der Waals surface area contributed by atoms with Gasteiger partial charge in [-0.05, 0) is 42.7 Å². The quantitative estimate of drug-likeness (QED) is 0.391. The van der Waals surface area contributed by atoms with Crippen LogP contribution < -0.4 is 15.4 Å². The highest BCUT2D eigenvalue weighted by atomic mass is 32.2. The number of hydrogen-bond acceptors (Lipinski definition) is 4. The molecule has 2 aromatic carbocycles. The first kappa shape index (κ1) is 20.8. The molecule has 0 heterocycles. The molecule has 0 bridgehead atoms. The van der Waals surface area contributed by atoms with Crippen molar-refractivity contribution in [1.29, 1.82) is 0 Å². The van der Waals surface area contributed by atoms with Crippen molar-refractivity contribution in [3.8, 4) is 5.75 Å². The molecule has 0 aromatic heterocycles. The number of sulfone groups is 1. The predicted octanol–water partition coefficient (Wildman–Crippen LogP) is 2.27. The molecule has 2 rings (SSSR count). The summed E-state index contributed by atoms with van der Waals surface area (Å²) in [5, 5.41) is 6.47. The van der Waals surface area contributed by atoms with E-state index in [0.717, 1.165) is 25.3 Å². The zero-order valence-corrected chi connectivity index (χ0v) is 16.6. The average molecular weight is 390 g/mol. The van der Waals surface area contributed by atoms with Crippen molar-refractivity contribution >= 4 is 15.8 Å². The SMILES string of the molecule is CN=C(NCCCc1ccccc1)NCCOc1ccc(S(C)(=O)=O)cc1. The maximum atomic E-state index is 11.4. The number of ether oxygens (including phenoxy) is 1. The van der Waals surface area contributed by atoms with E-state index in [1.165, 1.54) is 11.8 Å². The summed E-state index contributed by atoms with van der Waals surface area (Å²) in [6, 6.07) is 16.8. The topological polar surface area (TPSA) is 79.8 Å². The molecule has 0 saturated heterocycles. The second-order valence-electron chi connectivity index (χ2n) is 6.11. The Labute approximate surface area is 161 Å². The predicted molar refractivity (Wildman–Crippen MR) is 109 cm³/mol. The second-order valence-corrected chi connectivity index (χ2v) is 8.12. The third-order valence-electron chi connectivity index (χ3n) is 3.92. The van der Waals surface area contributed by atoms with Gasteiger partial charge in [-0.15, -0.1) is 0 Å². The number of hydrogen-bond donors (Lipinski definition) is 2. The Hall–Kier alpha value is -2.54. The van der Waals surface area contributed by atoms with Gasteiger partial charge in [0.2, 0.25) is 0 Å². The Kier molecular flexibility index (Phi) is 8.13. The summed E-state index contributed by atoms with van der Waals surface area (Å²) < 4.78 is 28.5. The van der Waals surface area contributed by atoms with E-state index in [-0.39, 0.29) is 4.90 Å². The monoisotopic (exact) mass is 389 g/mol. The van der Waals surface area contributed by atoms with Gasteiger partial charge in [0.25, 0.3) is 0 Å². The number of aliphatic imine (C=N–C) groups is 1. The van der Waals surface area contributed by atoms with Crippen LogP contribution in [-0.4, -0.2) is 47.4 Å². The Morgan fingerprint density at radius 2 is 1.67 bits per heavy atom. The Morgan fingerprint density at radius 3 is 2.30 bits per heavy atom. The van der Waals surface area contributed by atoms with Crippen LogP contribution in [0.25, 0.3) is 0 Å². The van der Waals surface area contributed by atoms with Gasteiger partial charge >= 0.3 is 0 Å². The molecule has 0 atom stereocenters. The van der Waals surface area contributed by atoms with Crippen LogP contribution in [0.1, 0.15) is 12.0 Å². The van der Waals surface area contributed by atoms with Crippen LogP contribution in [0, 0.1) is 0 Å². The molecular formula is C20H27N3O3S. The minimum absolute atomic E-state index is 0.285. The smallest absolute Gasteiger partial charge is 0.191 e. The fraction of sp³-hybridized carbons (Fsp3) is 0.350. The van der Waals surface area contributed by atoms with Crippen molar-refractivity contribution in [2.24, 2.45) is 4.99 Å². The molecule has 6 nitrogen and oxygen atoms in total. The van der Waals surface area contributed by atoms with Gasteiger partial charge in [0.05, 0.1) is 11.4 Å². The fourth-order valence-electron chi connectivity index (χ4n) is 2.49. The lowest BCUT2D eigenvalue weighted by atomic mass is 10.1. The van der Waals surface area contributed by atoms with E-state index in [9.17, 15) is 8.42 Å². The van der Waals surface area contributed by atoms with E-state index in [0.29, 0.717) is 18.9 Å². The van der Waals surface area contributed by atoms with Crippen molar-refractivity contribution in [3.05, 3.63) is 60.2 Å². The highest BCUT2D eigenvalue weighted by molar-refractivity contribution is 7.90. The van der Waals surface area contributed by atoms with Gasteiger partial charge in [0.15, 0.2) is 15.8 Å². The van der Waals surface area contributed by atoms with E-state index < -0.39 is 9.84 Å². The summed E-state index contributed by atoms with van der Waals surface area (Å²) in [5.41, 5.74) is 1.33. The third-order valence-corrected chi connectivity index (χ3v) is 5.04. The number of nitrogens with one attached hydrogen (secondary N) is 2. The van der Waals surface area contributed by atoms with E-state index in [4.69, 9.17) is 4.74 Å². The highest BCUT2D eigenvalue weighted by Crippen LogP contribution is 2.15. The molecule has 0 amide bonds. The molecule has 2 N–H and O–H groups in total. The summed E-state index contributed by atoms with van der Waals surface area (Å²) in [6.07, 6.45) is 3.23. The zero-order valence-electron chi connectivity index (χ0n) is 15.8. The van der Waals surface area contributed by atoms with Gasteiger partial charge in [0, 0.05) is 19.8 Å². The number of nitrogens with zero attached hydrogens (tertiary/aromatic N) is 1. The maximum absolute atomic E-state index is 11.4. The molecule has 0 aliphatic heterocycles. The van der Waals surface area contributed by atoms with E-state index in [1.807, 2.05) is 6.07 Å². The molecule has 0 spiro atoms. The standard InChI is InChI=1S/C20H27N3O3S/c1-21-20(22-14-6-9-17-7-4-3-5-8-17)23-15-16-26-18-10-12-19(13-11-18)27(2,24)25/h3-5,7-8,10-13H,6,9,14-16H2,1-2H3,(H2,21,22,23). The molecular weight excluding hydrogens is 362 g/mol. The second kappa shape index (κ2) is 10.6. The van der Waals surface area contributed by atoms with Gasteiger partial charge in [-0.2, -0.15) is 0 Å². The van der Waals surface area contributed by atoms with Gasteiger partial charge < -0.3 is 15.4 Å². The third kappa shape index (κ3) is 7.70. The zero-order chi connectivity index (χ0) is 19.5. The lowest BCUT2D eigenvalue weighted by molar-refractivity contribution is 0.321. The van der Waals surface area contributed by atoms with Gasteiger partial charge in [-0.1, -0.05) is 30.3 Å². The maximum Gasteiger partial charge on any atom is 0.191 e. The molecule has 7 heteroatoms. The Bertz CT molecular complexity index is 819. The molecule has 2 aromatic rings. The van der Waals surface area contributed by atoms with Gasteiger partial charge in [-0.25, -0.2) is 8.42 Å². The highest BCUT2D eigenvalue weighted by Gasteiger charge is 2.06. The number of benzene rings is 2. The van der Waals surface area contributed by atoms with Crippen molar-refractivity contribution in [2.45, 2.75) is 17.7 Å². The van der Waals surface area contributed by atoms with E-state index in [1.54, 1.807) is 31.3 Å². The fourth-order valence-corrected chi connectivity index (χ4v) is 3.12. The minimum atomic E-state index is -3.18. The lowest BCUT2D eigenvalue weighted by Gasteiger charge is -2.12. The van der Waals surface area contributed by atoms with Crippen LogP contribution in [0.5, 0.6) is 5.75 Å². The molecule has 0 radical (unpaired) electrons. The first-order chi connectivity index (χ1) is 13.0. The van der Waals surface area contributed by atoms with E-state index >= 15 is 0 Å². The first-order valence-corrected chi connectivity index (χ1v) is 10.8. The van der Waals surface area contributed by atoms with Crippen LogP contribution in [0.3, 0.4) is 0 Å². The largest absolute Gasteiger partial charge is 0.492 e. The molecule has 27 heavy (non-hydrogen) atoms. The van der Waals surface area contributed by atoms with Gasteiger partial charge in [0.1, 0.15) is 12.4 Å². The van der Waals surface area contributed by atoms with Crippen LogP contribution >= 0.6 is 0 Å². The number of aryl methyl sites for hydroxylation is 1. The summed E-state index contributed by atoms with van der Waals surface area (Å²) in [6.45, 7) is 1.87. The van der Waals surface area contributed by atoms with Gasteiger partial charge in [-0.3, -0.25) is 4.99 Å². The van der Waals surface area contributed by atoms with Crippen LogP contribution in [0.4, 0.5) is 0 Å². The van der Waals surface area contributed by atoms with Crippen molar-refractivity contribution in [2.75, 3.05) is 33.0 Å². The van der Waals surface area contributed by atoms with Crippen molar-refractivity contribution in [3.63, 3.8) is 0 Å². The molecule has 0 aliphatic carbocycles. The van der Waals surface area contributed by atoms with Crippen LogP contribution in [0.2, 0.25) is 0 Å². The number of guanidine groups is 1. The normalized spacial score (nSPS) is 11.9. The first-order valence-electron chi connectivity index (χ1n) is 8.90. The average Bonchev–Trinajstić information content (AvgIpc) is 2.67. The summed E-state index contributed by atoms with van der Waals surface area (Å²) in [4.78, 5) is 4.47. The Morgan fingerprint density at radius 1 is 1.00 bits per heavy atom. The van der Waals surface area contributed by atoms with Crippen LogP contribution in [0.15, 0.2) is 64.5 Å². The Balaban J connectivity index is 1.63. The lowest BCUT2D eigenvalue weighted by Crippen LogP contribution is -2.39. The number of rotatable bonds is 9. The van der Waals surface area contributed by atoms with Crippen LogP contribution in [-0.2, 0) is 16.3 Å². The molecule has 0 fully saturated rings. The van der Waals surface area contributed by atoms with Crippen molar-refractivity contribution in [1.82, 2.24) is 10.6 Å². The molecule has 0 saturated carbocycles. The summed E-state index contributed by atoms with van der Waals surface area (Å²) in [5.74, 6) is 1.37. The molecule has 0 aliphatic rings. The molecule has 0 unspecified atom stereocenters. The summed E-state index contributed by atoms with van der Waals surface area (Å²) in [7, 11) is -1.45. The van der Waals surface area contributed by atoms with Crippen molar-refractivity contribution < 1.29 is 13.2 Å². The summed E-state index contributed by atoms with van der Waals surface area (Å²) >= 11 is 0. The molecule has 146 valence electrons. The van der Waals surface area contributed by atoms with E-state index in [2.05, 4.69) is 39.9 Å². The minimum Gasteiger partial charge on any atom is -0.492 e.